The zero-order valence-corrected chi connectivity index (χ0v) is 10.6. The van der Waals surface area contributed by atoms with Crippen molar-refractivity contribution in [2.45, 2.75) is 25.4 Å². The third-order valence-corrected chi connectivity index (χ3v) is 3.59. The second-order valence-electron chi connectivity index (χ2n) is 4.91. The third kappa shape index (κ3) is 2.46. The topological polar surface area (TPSA) is 66.6 Å². The van der Waals surface area contributed by atoms with Crippen molar-refractivity contribution in [3.63, 3.8) is 0 Å². The van der Waals surface area contributed by atoms with Crippen molar-refractivity contribution in [2.75, 3.05) is 13.1 Å². The Kier molecular flexibility index (Phi) is 3.21. The molecule has 2 heterocycles. The lowest BCUT2D eigenvalue weighted by Gasteiger charge is -2.29. The predicted octanol–water partition coefficient (Wildman–Crippen LogP) is 1.35. The summed E-state index contributed by atoms with van der Waals surface area (Å²) in [5, 5.41) is 14.3. The van der Waals surface area contributed by atoms with Crippen molar-refractivity contribution >= 4 is 16.9 Å². The molecular formula is C14H16N2O3. The van der Waals surface area contributed by atoms with E-state index in [9.17, 15) is 9.90 Å². The van der Waals surface area contributed by atoms with E-state index in [-0.39, 0.29) is 18.4 Å². The molecule has 5 nitrogen and oxygen atoms in total. The highest BCUT2D eigenvalue weighted by Crippen LogP contribution is 2.19. The van der Waals surface area contributed by atoms with Gasteiger partial charge in [-0.25, -0.2) is 0 Å². The van der Waals surface area contributed by atoms with Gasteiger partial charge in [0.25, 0.3) is 0 Å². The van der Waals surface area contributed by atoms with Crippen LogP contribution in [0.5, 0.6) is 0 Å². The van der Waals surface area contributed by atoms with Crippen LogP contribution in [0.3, 0.4) is 0 Å². The lowest BCUT2D eigenvalue weighted by molar-refractivity contribution is -0.132. The first kappa shape index (κ1) is 12.2. The Labute approximate surface area is 110 Å². The summed E-state index contributed by atoms with van der Waals surface area (Å²) < 4.78 is 5.19. The molecule has 1 fully saturated rings. The van der Waals surface area contributed by atoms with Gasteiger partial charge in [0.15, 0.2) is 5.58 Å². The fourth-order valence-electron chi connectivity index (χ4n) is 2.44. The van der Waals surface area contributed by atoms with E-state index in [2.05, 4.69) is 5.16 Å². The van der Waals surface area contributed by atoms with Crippen molar-refractivity contribution in [3.8, 4) is 0 Å². The smallest absolute Gasteiger partial charge is 0.228 e. The Balaban J connectivity index is 1.72. The molecule has 0 saturated carbocycles. The van der Waals surface area contributed by atoms with Gasteiger partial charge in [-0.1, -0.05) is 17.3 Å². The summed E-state index contributed by atoms with van der Waals surface area (Å²) in [6, 6.07) is 7.54. The van der Waals surface area contributed by atoms with Gasteiger partial charge in [-0.05, 0) is 25.0 Å². The average molecular weight is 260 g/mol. The van der Waals surface area contributed by atoms with E-state index >= 15 is 0 Å². The van der Waals surface area contributed by atoms with E-state index < -0.39 is 0 Å². The second kappa shape index (κ2) is 5.01. The Morgan fingerprint density at radius 1 is 1.37 bits per heavy atom. The molecule has 0 atom stereocenters. The molecule has 3 rings (SSSR count). The van der Waals surface area contributed by atoms with Crippen LogP contribution in [-0.4, -0.2) is 40.3 Å². The molecule has 0 aliphatic carbocycles. The molecule has 100 valence electrons. The molecule has 0 spiro atoms. The van der Waals surface area contributed by atoms with Crippen molar-refractivity contribution in [1.82, 2.24) is 10.1 Å². The molecular weight excluding hydrogens is 244 g/mol. The molecule has 0 radical (unpaired) electrons. The molecule has 1 N–H and O–H groups in total. The number of para-hydroxylation sites is 1. The van der Waals surface area contributed by atoms with E-state index in [4.69, 9.17) is 4.52 Å². The van der Waals surface area contributed by atoms with Crippen LogP contribution in [0.2, 0.25) is 0 Å². The van der Waals surface area contributed by atoms with Crippen LogP contribution in [0, 0.1) is 0 Å². The number of fused-ring (bicyclic) bond motifs is 1. The molecule has 1 aromatic carbocycles. The summed E-state index contributed by atoms with van der Waals surface area (Å²) in [7, 11) is 0. The fraction of sp³-hybridized carbons (Fsp3) is 0.429. The highest BCUT2D eigenvalue weighted by molar-refractivity contribution is 5.86. The van der Waals surface area contributed by atoms with Gasteiger partial charge in [0.05, 0.1) is 12.5 Å². The molecule has 1 amide bonds. The molecule has 1 saturated heterocycles. The van der Waals surface area contributed by atoms with Crippen LogP contribution in [0.1, 0.15) is 18.5 Å². The minimum Gasteiger partial charge on any atom is -0.393 e. The van der Waals surface area contributed by atoms with E-state index in [0.29, 0.717) is 37.2 Å². The van der Waals surface area contributed by atoms with Gasteiger partial charge in [-0.3, -0.25) is 4.79 Å². The van der Waals surface area contributed by atoms with Crippen LogP contribution in [0.4, 0.5) is 0 Å². The molecule has 1 aliphatic rings. The average Bonchev–Trinajstić information content (AvgIpc) is 2.83. The number of aliphatic hydroxyl groups is 1. The van der Waals surface area contributed by atoms with Gasteiger partial charge in [0, 0.05) is 18.5 Å². The summed E-state index contributed by atoms with van der Waals surface area (Å²) in [4.78, 5) is 14.0. The Morgan fingerprint density at radius 2 is 2.11 bits per heavy atom. The van der Waals surface area contributed by atoms with Crippen LogP contribution in [0.15, 0.2) is 28.8 Å². The lowest BCUT2D eigenvalue weighted by atomic mass is 10.1. The molecule has 1 aromatic heterocycles. The number of rotatable bonds is 2. The molecule has 2 aromatic rings. The van der Waals surface area contributed by atoms with Crippen molar-refractivity contribution in [3.05, 3.63) is 30.0 Å². The molecule has 0 bridgehead atoms. The largest absolute Gasteiger partial charge is 0.393 e. The van der Waals surface area contributed by atoms with Crippen LogP contribution >= 0.6 is 0 Å². The Morgan fingerprint density at radius 3 is 2.89 bits per heavy atom. The summed E-state index contributed by atoms with van der Waals surface area (Å²) in [6.07, 6.45) is 1.31. The molecule has 5 heteroatoms. The maximum Gasteiger partial charge on any atom is 0.228 e. The number of piperidine rings is 1. The normalized spacial score (nSPS) is 17.0. The summed E-state index contributed by atoms with van der Waals surface area (Å²) in [5.41, 5.74) is 1.39. The maximum atomic E-state index is 12.2. The van der Waals surface area contributed by atoms with Gasteiger partial charge < -0.3 is 14.5 Å². The van der Waals surface area contributed by atoms with Crippen LogP contribution in [-0.2, 0) is 11.2 Å². The van der Waals surface area contributed by atoms with E-state index in [1.807, 2.05) is 24.3 Å². The highest BCUT2D eigenvalue weighted by Gasteiger charge is 2.22. The monoisotopic (exact) mass is 260 g/mol. The number of carbonyl (C=O) groups is 1. The summed E-state index contributed by atoms with van der Waals surface area (Å²) in [6.45, 7) is 1.24. The number of hydrogen-bond donors (Lipinski definition) is 1. The van der Waals surface area contributed by atoms with E-state index in [0.717, 1.165) is 5.39 Å². The first-order valence-corrected chi connectivity index (χ1v) is 6.53. The minimum atomic E-state index is -0.267. The second-order valence-corrected chi connectivity index (χ2v) is 4.91. The van der Waals surface area contributed by atoms with Gasteiger partial charge in [0.1, 0.15) is 5.69 Å². The number of carbonyl (C=O) groups excluding carboxylic acids is 1. The molecule has 19 heavy (non-hydrogen) atoms. The third-order valence-electron chi connectivity index (χ3n) is 3.59. The number of likely N-dealkylation sites (tertiary alicyclic amines) is 1. The summed E-state index contributed by atoms with van der Waals surface area (Å²) >= 11 is 0. The Bertz CT molecular complexity index is 585. The van der Waals surface area contributed by atoms with Crippen LogP contribution < -0.4 is 0 Å². The number of nitrogens with zero attached hydrogens (tertiary/aromatic N) is 2. The van der Waals surface area contributed by atoms with Gasteiger partial charge in [-0.2, -0.15) is 0 Å². The zero-order chi connectivity index (χ0) is 13.2. The van der Waals surface area contributed by atoms with Crippen LogP contribution in [0.25, 0.3) is 11.0 Å². The number of hydrogen-bond acceptors (Lipinski definition) is 4. The van der Waals surface area contributed by atoms with Crippen molar-refractivity contribution in [1.29, 1.82) is 0 Å². The first-order valence-electron chi connectivity index (χ1n) is 6.53. The zero-order valence-electron chi connectivity index (χ0n) is 10.6. The minimum absolute atomic E-state index is 0.0472. The predicted molar refractivity (Wildman–Crippen MR) is 69.5 cm³/mol. The number of aromatic nitrogens is 1. The summed E-state index contributed by atoms with van der Waals surface area (Å²) in [5.74, 6) is 0.0472. The first-order chi connectivity index (χ1) is 9.24. The highest BCUT2D eigenvalue weighted by atomic mass is 16.5. The standard InChI is InChI=1S/C14H16N2O3/c17-10-5-7-16(8-6-10)14(18)9-12-11-3-1-2-4-13(11)19-15-12/h1-4,10,17H,5-9H2. The Hall–Kier alpha value is -1.88. The fourth-order valence-corrected chi connectivity index (χ4v) is 2.44. The molecule has 0 unspecified atom stereocenters. The molecule has 1 aliphatic heterocycles. The van der Waals surface area contributed by atoms with Gasteiger partial charge in [0.2, 0.25) is 5.91 Å². The maximum absolute atomic E-state index is 12.2. The van der Waals surface area contributed by atoms with Gasteiger partial charge >= 0.3 is 0 Å². The number of aliphatic hydroxyl groups excluding tert-OH is 1. The number of amides is 1. The quantitative estimate of drug-likeness (QED) is 0.885. The van der Waals surface area contributed by atoms with E-state index in [1.54, 1.807) is 4.90 Å². The number of benzene rings is 1. The lowest BCUT2D eigenvalue weighted by Crippen LogP contribution is -2.40. The van der Waals surface area contributed by atoms with Crippen molar-refractivity contribution < 1.29 is 14.4 Å². The van der Waals surface area contributed by atoms with Crippen molar-refractivity contribution in [2.24, 2.45) is 0 Å². The van der Waals surface area contributed by atoms with Gasteiger partial charge in [-0.15, -0.1) is 0 Å². The SMILES string of the molecule is O=C(Cc1noc2ccccc12)N1CCC(O)CC1. The van der Waals surface area contributed by atoms with E-state index in [1.165, 1.54) is 0 Å².